The van der Waals surface area contributed by atoms with E-state index in [0.29, 0.717) is 5.57 Å². The molecule has 15 heavy (non-hydrogen) atoms. The van der Waals surface area contributed by atoms with E-state index in [-0.39, 0.29) is 22.9 Å². The fraction of sp³-hybridized carbons (Fsp3) is 0.769. The van der Waals surface area contributed by atoms with Crippen molar-refractivity contribution in [1.29, 1.82) is 0 Å². The number of allylic oxidation sites excluding steroid dienone is 2. The van der Waals surface area contributed by atoms with Crippen LogP contribution < -0.4 is 0 Å². The van der Waals surface area contributed by atoms with Crippen molar-refractivity contribution in [3.8, 4) is 0 Å². The third-order valence-electron chi connectivity index (χ3n) is 3.16. The molecular weight excluding hydrogens is 188 g/mol. The highest BCUT2D eigenvalue weighted by Crippen LogP contribution is 2.31. The summed E-state index contributed by atoms with van der Waals surface area (Å²) in [5, 5.41) is 9.94. The summed E-state index contributed by atoms with van der Waals surface area (Å²) in [6.45, 7) is 7.52. The van der Waals surface area contributed by atoms with Crippen molar-refractivity contribution in [2.75, 3.05) is 0 Å². The van der Waals surface area contributed by atoms with Gasteiger partial charge in [-0.15, -0.1) is 0 Å². The maximum absolute atomic E-state index is 12.0. The van der Waals surface area contributed by atoms with Crippen LogP contribution in [0.3, 0.4) is 0 Å². The average Bonchev–Trinajstić information content (AvgIpc) is 2.65. The van der Waals surface area contributed by atoms with E-state index in [1.54, 1.807) is 6.92 Å². The van der Waals surface area contributed by atoms with Crippen LogP contribution in [0.25, 0.3) is 0 Å². The van der Waals surface area contributed by atoms with Crippen molar-refractivity contribution in [2.45, 2.75) is 53.4 Å². The van der Waals surface area contributed by atoms with Gasteiger partial charge in [-0.25, -0.2) is 0 Å². The lowest BCUT2D eigenvalue weighted by Crippen LogP contribution is -2.19. The molecule has 2 nitrogen and oxygen atoms in total. The summed E-state index contributed by atoms with van der Waals surface area (Å²) in [6.07, 6.45) is 4.29. The molecule has 1 saturated carbocycles. The van der Waals surface area contributed by atoms with Gasteiger partial charge in [0, 0.05) is 16.9 Å². The standard InChI is InChI=1S/C13H22O2/c1-9(12(15)13(2,3)4)11(14)10-7-5-6-8-10/h10,15H,5-8H2,1-4H3/b12-9-. The van der Waals surface area contributed by atoms with Gasteiger partial charge < -0.3 is 5.11 Å². The molecule has 1 fully saturated rings. The summed E-state index contributed by atoms with van der Waals surface area (Å²) in [4.78, 5) is 12.0. The van der Waals surface area contributed by atoms with Gasteiger partial charge in [-0.3, -0.25) is 4.79 Å². The molecule has 0 bridgehead atoms. The molecular formula is C13H22O2. The van der Waals surface area contributed by atoms with Crippen molar-refractivity contribution in [3.63, 3.8) is 0 Å². The van der Waals surface area contributed by atoms with Crippen LogP contribution in [-0.2, 0) is 4.79 Å². The minimum absolute atomic E-state index is 0.153. The van der Waals surface area contributed by atoms with Gasteiger partial charge in [0.15, 0.2) is 5.78 Å². The second-order valence-corrected chi connectivity index (χ2v) is 5.57. The number of rotatable bonds is 2. The number of Topliss-reactive ketones (excluding diaryl/α,β-unsaturated/α-hetero) is 1. The van der Waals surface area contributed by atoms with Crippen LogP contribution in [0.5, 0.6) is 0 Å². The second kappa shape index (κ2) is 4.38. The first-order valence-corrected chi connectivity index (χ1v) is 5.78. The first-order valence-electron chi connectivity index (χ1n) is 5.78. The summed E-state index contributed by atoms with van der Waals surface area (Å²) in [5.74, 6) is 0.564. The Morgan fingerprint density at radius 1 is 1.20 bits per heavy atom. The van der Waals surface area contributed by atoms with Crippen LogP contribution >= 0.6 is 0 Å². The largest absolute Gasteiger partial charge is 0.511 e. The molecule has 86 valence electrons. The highest BCUT2D eigenvalue weighted by molar-refractivity contribution is 5.97. The van der Waals surface area contributed by atoms with Crippen molar-refractivity contribution < 1.29 is 9.90 Å². The molecule has 0 aromatic carbocycles. The Morgan fingerprint density at radius 3 is 2.07 bits per heavy atom. The predicted octanol–water partition coefficient (Wildman–Crippen LogP) is 3.62. The van der Waals surface area contributed by atoms with E-state index in [4.69, 9.17) is 0 Å². The zero-order valence-corrected chi connectivity index (χ0v) is 10.3. The summed E-state index contributed by atoms with van der Waals surface area (Å²) >= 11 is 0. The molecule has 0 saturated heterocycles. The van der Waals surface area contributed by atoms with Crippen molar-refractivity contribution in [1.82, 2.24) is 0 Å². The summed E-state index contributed by atoms with van der Waals surface area (Å²) < 4.78 is 0. The van der Waals surface area contributed by atoms with Crippen LogP contribution in [0.4, 0.5) is 0 Å². The predicted molar refractivity (Wildman–Crippen MR) is 61.7 cm³/mol. The first-order chi connectivity index (χ1) is 6.84. The van der Waals surface area contributed by atoms with E-state index in [1.807, 2.05) is 20.8 Å². The van der Waals surface area contributed by atoms with Crippen LogP contribution in [0.2, 0.25) is 0 Å². The Morgan fingerprint density at radius 2 is 1.67 bits per heavy atom. The van der Waals surface area contributed by atoms with Crippen LogP contribution in [0.15, 0.2) is 11.3 Å². The highest BCUT2D eigenvalue weighted by atomic mass is 16.3. The van der Waals surface area contributed by atoms with Gasteiger partial charge in [-0.2, -0.15) is 0 Å². The van der Waals surface area contributed by atoms with Gasteiger partial charge in [-0.1, -0.05) is 33.6 Å². The molecule has 0 aliphatic heterocycles. The number of hydrogen-bond donors (Lipinski definition) is 1. The smallest absolute Gasteiger partial charge is 0.165 e. The van der Waals surface area contributed by atoms with Gasteiger partial charge in [0.05, 0.1) is 0 Å². The van der Waals surface area contributed by atoms with Gasteiger partial charge in [-0.05, 0) is 19.8 Å². The zero-order valence-electron chi connectivity index (χ0n) is 10.3. The Balaban J connectivity index is 2.82. The number of aliphatic hydroxyl groups excluding tert-OH is 1. The van der Waals surface area contributed by atoms with E-state index < -0.39 is 0 Å². The number of hydrogen-bond acceptors (Lipinski definition) is 2. The van der Waals surface area contributed by atoms with Crippen molar-refractivity contribution in [2.24, 2.45) is 11.3 Å². The summed E-state index contributed by atoms with van der Waals surface area (Å²) in [6, 6.07) is 0. The Kier molecular flexibility index (Phi) is 3.58. The molecule has 1 N–H and O–H groups in total. The number of ketones is 1. The van der Waals surface area contributed by atoms with E-state index in [0.717, 1.165) is 25.7 Å². The molecule has 0 atom stereocenters. The SMILES string of the molecule is C/C(C(=O)C1CCCC1)=C(/O)C(C)(C)C. The monoisotopic (exact) mass is 210 g/mol. The molecule has 0 radical (unpaired) electrons. The van der Waals surface area contributed by atoms with E-state index in [1.165, 1.54) is 0 Å². The van der Waals surface area contributed by atoms with Crippen molar-refractivity contribution >= 4 is 5.78 Å². The fourth-order valence-corrected chi connectivity index (χ4v) is 2.17. The lowest BCUT2D eigenvalue weighted by Gasteiger charge is -2.20. The number of aliphatic hydroxyl groups is 1. The molecule has 0 aromatic rings. The van der Waals surface area contributed by atoms with E-state index in [9.17, 15) is 9.90 Å². The molecule has 1 rings (SSSR count). The lowest BCUT2D eigenvalue weighted by atomic mass is 9.87. The molecule has 0 unspecified atom stereocenters. The van der Waals surface area contributed by atoms with Crippen molar-refractivity contribution in [3.05, 3.63) is 11.3 Å². The molecule has 1 aliphatic rings. The van der Waals surface area contributed by atoms with Crippen LogP contribution in [0, 0.1) is 11.3 Å². The van der Waals surface area contributed by atoms with Gasteiger partial charge in [0.25, 0.3) is 0 Å². The van der Waals surface area contributed by atoms with Gasteiger partial charge in [0.2, 0.25) is 0 Å². The highest BCUT2D eigenvalue weighted by Gasteiger charge is 2.28. The maximum atomic E-state index is 12.0. The molecule has 0 heterocycles. The minimum Gasteiger partial charge on any atom is -0.511 e. The normalized spacial score (nSPS) is 20.3. The molecule has 0 amide bonds. The fourth-order valence-electron chi connectivity index (χ4n) is 2.17. The summed E-state index contributed by atoms with van der Waals surface area (Å²) in [5.41, 5.74) is 0.243. The Hall–Kier alpha value is -0.790. The zero-order chi connectivity index (χ0) is 11.6. The van der Waals surface area contributed by atoms with Gasteiger partial charge in [0.1, 0.15) is 5.76 Å². The van der Waals surface area contributed by atoms with Gasteiger partial charge >= 0.3 is 0 Å². The van der Waals surface area contributed by atoms with Crippen LogP contribution in [-0.4, -0.2) is 10.9 Å². The molecule has 1 aliphatic carbocycles. The molecule has 2 heteroatoms. The number of carbonyl (C=O) groups excluding carboxylic acids is 1. The molecule has 0 aromatic heterocycles. The lowest BCUT2D eigenvalue weighted by molar-refractivity contribution is -0.119. The van der Waals surface area contributed by atoms with E-state index >= 15 is 0 Å². The Labute approximate surface area is 92.4 Å². The second-order valence-electron chi connectivity index (χ2n) is 5.57. The first kappa shape index (κ1) is 12.3. The third kappa shape index (κ3) is 2.83. The van der Waals surface area contributed by atoms with E-state index in [2.05, 4.69) is 0 Å². The van der Waals surface area contributed by atoms with Crippen LogP contribution in [0.1, 0.15) is 53.4 Å². The minimum atomic E-state index is -0.321. The summed E-state index contributed by atoms with van der Waals surface area (Å²) in [7, 11) is 0. The Bertz CT molecular complexity index is 275. The quantitative estimate of drug-likeness (QED) is 0.558. The third-order valence-corrected chi connectivity index (χ3v) is 3.16. The maximum Gasteiger partial charge on any atom is 0.165 e. The average molecular weight is 210 g/mol. The molecule has 0 spiro atoms. The number of carbonyl (C=O) groups is 1. The topological polar surface area (TPSA) is 37.3 Å².